The van der Waals surface area contributed by atoms with Gasteiger partial charge in [-0.15, -0.1) is 0 Å². The molecule has 1 aromatic rings. The van der Waals surface area contributed by atoms with E-state index in [0.29, 0.717) is 5.92 Å². The zero-order valence-electron chi connectivity index (χ0n) is 10.4. The first kappa shape index (κ1) is 13.2. The van der Waals surface area contributed by atoms with Gasteiger partial charge < -0.3 is 5.11 Å². The topological polar surface area (TPSA) is 33.1 Å². The van der Waals surface area contributed by atoms with Crippen LogP contribution >= 0.6 is 0 Å². The number of hydrogen-bond acceptors (Lipinski definition) is 2. The van der Waals surface area contributed by atoms with Gasteiger partial charge in [-0.25, -0.2) is 0 Å². The van der Waals surface area contributed by atoms with Crippen molar-refractivity contribution in [1.82, 2.24) is 4.98 Å². The molecular weight excluding hydrogens is 198 g/mol. The molecule has 0 aromatic carbocycles. The first-order valence-corrected chi connectivity index (χ1v) is 6.34. The van der Waals surface area contributed by atoms with Crippen molar-refractivity contribution in [3.8, 4) is 0 Å². The first-order chi connectivity index (χ1) is 7.77. The third-order valence-electron chi connectivity index (χ3n) is 3.03. The van der Waals surface area contributed by atoms with Crippen molar-refractivity contribution in [2.24, 2.45) is 5.92 Å². The van der Waals surface area contributed by atoms with Crippen LogP contribution in [0.1, 0.15) is 45.1 Å². The van der Waals surface area contributed by atoms with Crippen LogP contribution in [0, 0.1) is 5.92 Å². The average molecular weight is 221 g/mol. The van der Waals surface area contributed by atoms with Crippen molar-refractivity contribution in [3.05, 3.63) is 30.1 Å². The number of hydrogen-bond donors (Lipinski definition) is 1. The minimum Gasteiger partial charge on any atom is -0.392 e. The summed E-state index contributed by atoms with van der Waals surface area (Å²) in [5.41, 5.74) is 1.13. The van der Waals surface area contributed by atoms with E-state index in [0.717, 1.165) is 37.7 Å². The Morgan fingerprint density at radius 3 is 2.44 bits per heavy atom. The molecule has 0 saturated heterocycles. The van der Waals surface area contributed by atoms with E-state index in [-0.39, 0.29) is 6.10 Å². The van der Waals surface area contributed by atoms with Gasteiger partial charge in [0.25, 0.3) is 0 Å². The second kappa shape index (κ2) is 7.39. The smallest absolute Gasteiger partial charge is 0.0609 e. The molecule has 1 aromatic heterocycles. The van der Waals surface area contributed by atoms with Crippen molar-refractivity contribution in [2.45, 2.75) is 52.1 Å². The predicted octanol–water partition coefficient (Wildman–Crippen LogP) is 3.20. The van der Waals surface area contributed by atoms with E-state index in [9.17, 15) is 5.11 Å². The molecule has 0 saturated carbocycles. The number of pyridine rings is 1. The highest BCUT2D eigenvalue weighted by atomic mass is 16.3. The molecule has 0 aliphatic heterocycles. The van der Waals surface area contributed by atoms with Crippen molar-refractivity contribution >= 4 is 0 Å². The SMILES string of the molecule is CCCC(CCC)C(O)Cc1cccnc1. The minimum atomic E-state index is -0.218. The number of rotatable bonds is 7. The second-order valence-corrected chi connectivity index (χ2v) is 4.47. The molecule has 90 valence electrons. The van der Waals surface area contributed by atoms with Crippen LogP contribution in [-0.4, -0.2) is 16.2 Å². The molecule has 2 heteroatoms. The predicted molar refractivity (Wildman–Crippen MR) is 67.3 cm³/mol. The zero-order chi connectivity index (χ0) is 11.8. The lowest BCUT2D eigenvalue weighted by Gasteiger charge is -2.22. The van der Waals surface area contributed by atoms with Gasteiger partial charge in [0, 0.05) is 18.8 Å². The molecule has 16 heavy (non-hydrogen) atoms. The molecule has 0 bridgehead atoms. The van der Waals surface area contributed by atoms with Crippen LogP contribution in [0.25, 0.3) is 0 Å². The molecular formula is C14H23NO. The van der Waals surface area contributed by atoms with E-state index in [1.807, 2.05) is 18.3 Å². The standard InChI is InChI=1S/C14H23NO/c1-3-6-13(7-4-2)14(16)10-12-8-5-9-15-11-12/h5,8-9,11,13-14,16H,3-4,6-7,10H2,1-2H3. The second-order valence-electron chi connectivity index (χ2n) is 4.47. The fourth-order valence-electron chi connectivity index (χ4n) is 2.20. The lowest BCUT2D eigenvalue weighted by Crippen LogP contribution is -2.22. The summed E-state index contributed by atoms with van der Waals surface area (Å²) in [5.74, 6) is 0.440. The summed E-state index contributed by atoms with van der Waals surface area (Å²) in [6.07, 6.45) is 8.67. The van der Waals surface area contributed by atoms with E-state index in [1.165, 1.54) is 0 Å². The summed E-state index contributed by atoms with van der Waals surface area (Å²) in [5, 5.41) is 10.2. The molecule has 0 fully saturated rings. The molecule has 0 aliphatic carbocycles. The maximum Gasteiger partial charge on any atom is 0.0609 e. The zero-order valence-corrected chi connectivity index (χ0v) is 10.4. The number of aliphatic hydroxyl groups excluding tert-OH is 1. The third-order valence-corrected chi connectivity index (χ3v) is 3.03. The van der Waals surface area contributed by atoms with E-state index >= 15 is 0 Å². The third kappa shape index (κ3) is 4.31. The van der Waals surface area contributed by atoms with Gasteiger partial charge in [-0.1, -0.05) is 32.8 Å². The van der Waals surface area contributed by atoms with Crippen LogP contribution in [0.2, 0.25) is 0 Å². The maximum atomic E-state index is 10.2. The molecule has 1 unspecified atom stereocenters. The summed E-state index contributed by atoms with van der Waals surface area (Å²) in [6.45, 7) is 4.36. The fourth-order valence-corrected chi connectivity index (χ4v) is 2.20. The lowest BCUT2D eigenvalue weighted by atomic mass is 9.89. The van der Waals surface area contributed by atoms with Crippen LogP contribution in [0.5, 0.6) is 0 Å². The molecule has 1 N–H and O–H groups in total. The first-order valence-electron chi connectivity index (χ1n) is 6.34. The Kier molecular flexibility index (Phi) is 6.09. The monoisotopic (exact) mass is 221 g/mol. The molecule has 0 radical (unpaired) electrons. The molecule has 0 aliphatic rings. The van der Waals surface area contributed by atoms with Gasteiger partial charge in [0.15, 0.2) is 0 Å². The van der Waals surface area contributed by atoms with Gasteiger partial charge in [-0.3, -0.25) is 4.98 Å². The van der Waals surface area contributed by atoms with Crippen molar-refractivity contribution in [1.29, 1.82) is 0 Å². The summed E-state index contributed by atoms with van der Waals surface area (Å²) >= 11 is 0. The minimum absolute atomic E-state index is 0.218. The molecule has 2 nitrogen and oxygen atoms in total. The van der Waals surface area contributed by atoms with Gasteiger partial charge in [-0.05, 0) is 30.4 Å². The normalized spacial score (nSPS) is 13.0. The van der Waals surface area contributed by atoms with Gasteiger partial charge in [0.1, 0.15) is 0 Å². The van der Waals surface area contributed by atoms with Crippen LogP contribution in [0.15, 0.2) is 24.5 Å². The highest BCUT2D eigenvalue weighted by molar-refractivity contribution is 5.09. The Balaban J connectivity index is 2.51. The van der Waals surface area contributed by atoms with Gasteiger partial charge in [-0.2, -0.15) is 0 Å². The summed E-state index contributed by atoms with van der Waals surface area (Å²) in [4.78, 5) is 4.08. The highest BCUT2D eigenvalue weighted by Gasteiger charge is 2.17. The lowest BCUT2D eigenvalue weighted by molar-refractivity contribution is 0.0963. The highest BCUT2D eigenvalue weighted by Crippen LogP contribution is 2.20. The number of aliphatic hydroxyl groups is 1. The van der Waals surface area contributed by atoms with Gasteiger partial charge in [0.2, 0.25) is 0 Å². The van der Waals surface area contributed by atoms with E-state index in [2.05, 4.69) is 18.8 Å². The van der Waals surface area contributed by atoms with Crippen LogP contribution in [0.4, 0.5) is 0 Å². The number of nitrogens with zero attached hydrogens (tertiary/aromatic N) is 1. The largest absolute Gasteiger partial charge is 0.392 e. The van der Waals surface area contributed by atoms with Crippen LogP contribution in [-0.2, 0) is 6.42 Å². The Morgan fingerprint density at radius 1 is 1.25 bits per heavy atom. The summed E-state index contributed by atoms with van der Waals surface area (Å²) in [6, 6.07) is 3.96. The quantitative estimate of drug-likeness (QED) is 0.767. The molecule has 0 amide bonds. The summed E-state index contributed by atoms with van der Waals surface area (Å²) < 4.78 is 0. The fraction of sp³-hybridized carbons (Fsp3) is 0.643. The van der Waals surface area contributed by atoms with Crippen molar-refractivity contribution in [2.75, 3.05) is 0 Å². The molecule has 1 atom stereocenters. The van der Waals surface area contributed by atoms with E-state index in [4.69, 9.17) is 0 Å². The van der Waals surface area contributed by atoms with Crippen LogP contribution < -0.4 is 0 Å². The van der Waals surface area contributed by atoms with Crippen molar-refractivity contribution < 1.29 is 5.11 Å². The molecule has 0 spiro atoms. The Labute approximate surface area is 98.7 Å². The van der Waals surface area contributed by atoms with Crippen LogP contribution in [0.3, 0.4) is 0 Å². The molecule has 1 heterocycles. The summed E-state index contributed by atoms with van der Waals surface area (Å²) in [7, 11) is 0. The van der Waals surface area contributed by atoms with E-state index in [1.54, 1.807) is 6.20 Å². The average Bonchev–Trinajstić information content (AvgIpc) is 2.30. The van der Waals surface area contributed by atoms with E-state index < -0.39 is 0 Å². The van der Waals surface area contributed by atoms with Crippen molar-refractivity contribution in [3.63, 3.8) is 0 Å². The maximum absolute atomic E-state index is 10.2. The van der Waals surface area contributed by atoms with Gasteiger partial charge in [0.05, 0.1) is 6.10 Å². The Morgan fingerprint density at radius 2 is 1.94 bits per heavy atom. The Hall–Kier alpha value is -0.890. The Bertz CT molecular complexity index is 267. The van der Waals surface area contributed by atoms with Gasteiger partial charge >= 0.3 is 0 Å². The molecule has 1 rings (SSSR count). The number of aromatic nitrogens is 1.